The molecule has 0 aliphatic carbocycles. The van der Waals surface area contributed by atoms with Gasteiger partial charge < -0.3 is 15.5 Å². The first-order chi connectivity index (χ1) is 13.1. The van der Waals surface area contributed by atoms with Crippen molar-refractivity contribution in [2.75, 3.05) is 40.3 Å². The zero-order valence-corrected chi connectivity index (χ0v) is 19.8. The summed E-state index contributed by atoms with van der Waals surface area (Å²) in [6.45, 7) is 6.40. The van der Waals surface area contributed by atoms with E-state index in [1.165, 1.54) is 5.56 Å². The normalized spacial score (nSPS) is 15.6. The molecule has 0 atom stereocenters. The average Bonchev–Trinajstić information content (AvgIpc) is 2.68. The molecule has 0 unspecified atom stereocenters. The predicted molar refractivity (Wildman–Crippen MR) is 127 cm³/mol. The van der Waals surface area contributed by atoms with E-state index in [0.29, 0.717) is 6.04 Å². The molecule has 1 aliphatic heterocycles. The molecule has 0 saturated carbocycles. The van der Waals surface area contributed by atoms with Gasteiger partial charge in [0.1, 0.15) is 6.54 Å². The minimum Gasteiger partial charge on any atom is -0.356 e. The number of unbranched alkanes of at least 4 members (excludes halogenated alkanes) is 1. The van der Waals surface area contributed by atoms with E-state index in [2.05, 4.69) is 57.8 Å². The quantitative estimate of drug-likeness (QED) is 0.249. The third kappa shape index (κ3) is 9.23. The van der Waals surface area contributed by atoms with Crippen LogP contribution in [0.15, 0.2) is 35.3 Å². The third-order valence-electron chi connectivity index (χ3n) is 4.87. The number of carbonyl (C=O) groups excluding carboxylic acids is 1. The molecule has 2 N–H and O–H groups in total. The Labute approximate surface area is 187 Å². The van der Waals surface area contributed by atoms with Crippen LogP contribution in [0.1, 0.15) is 38.2 Å². The Balaban J connectivity index is 0.00000392. The SMILES string of the molecule is CCCCNC(=NCC(=O)N(C)C)NC1CCN(Cc2ccccc2)CC1.I. The number of aliphatic imine (C=N–C) groups is 1. The molecule has 6 nitrogen and oxygen atoms in total. The summed E-state index contributed by atoms with van der Waals surface area (Å²) in [5, 5.41) is 6.90. The van der Waals surface area contributed by atoms with Crippen LogP contribution in [0.25, 0.3) is 0 Å². The number of carbonyl (C=O) groups is 1. The van der Waals surface area contributed by atoms with Crippen molar-refractivity contribution in [1.29, 1.82) is 0 Å². The highest BCUT2D eigenvalue weighted by Crippen LogP contribution is 2.13. The van der Waals surface area contributed by atoms with Crippen LogP contribution in [0, 0.1) is 0 Å². The molecular formula is C21H36IN5O. The second-order valence-corrected chi connectivity index (χ2v) is 7.41. The number of rotatable bonds is 8. The molecule has 1 aliphatic rings. The van der Waals surface area contributed by atoms with Gasteiger partial charge in [-0.1, -0.05) is 43.7 Å². The second kappa shape index (κ2) is 13.8. The minimum atomic E-state index is 0. The molecule has 1 heterocycles. The van der Waals surface area contributed by atoms with Gasteiger partial charge in [0.25, 0.3) is 0 Å². The van der Waals surface area contributed by atoms with E-state index in [0.717, 1.165) is 57.8 Å². The lowest BCUT2D eigenvalue weighted by Crippen LogP contribution is -2.49. The Bertz CT molecular complexity index is 586. The van der Waals surface area contributed by atoms with Crippen molar-refractivity contribution in [2.45, 2.75) is 45.2 Å². The summed E-state index contributed by atoms with van der Waals surface area (Å²) in [7, 11) is 3.52. The lowest BCUT2D eigenvalue weighted by atomic mass is 10.0. The molecule has 0 spiro atoms. The fraction of sp³-hybridized carbons (Fsp3) is 0.619. The molecule has 7 heteroatoms. The van der Waals surface area contributed by atoms with E-state index in [9.17, 15) is 4.79 Å². The van der Waals surface area contributed by atoms with Crippen LogP contribution in [0.4, 0.5) is 0 Å². The van der Waals surface area contributed by atoms with Crippen molar-refractivity contribution >= 4 is 35.8 Å². The fourth-order valence-corrected chi connectivity index (χ4v) is 3.09. The summed E-state index contributed by atoms with van der Waals surface area (Å²) >= 11 is 0. The molecule has 0 bridgehead atoms. The van der Waals surface area contributed by atoms with Crippen LogP contribution in [-0.2, 0) is 11.3 Å². The van der Waals surface area contributed by atoms with Crippen molar-refractivity contribution in [3.63, 3.8) is 0 Å². The van der Waals surface area contributed by atoms with Crippen molar-refractivity contribution < 1.29 is 4.79 Å². The number of nitrogens with zero attached hydrogens (tertiary/aromatic N) is 3. The molecule has 1 fully saturated rings. The van der Waals surface area contributed by atoms with Gasteiger partial charge in [-0.3, -0.25) is 9.69 Å². The summed E-state index contributed by atoms with van der Waals surface area (Å²) in [6, 6.07) is 11.0. The van der Waals surface area contributed by atoms with Crippen LogP contribution in [0.3, 0.4) is 0 Å². The van der Waals surface area contributed by atoms with Gasteiger partial charge in [0.05, 0.1) is 0 Å². The van der Waals surface area contributed by atoms with Crippen LogP contribution >= 0.6 is 24.0 Å². The van der Waals surface area contributed by atoms with Gasteiger partial charge in [0, 0.05) is 46.3 Å². The highest BCUT2D eigenvalue weighted by Gasteiger charge is 2.20. The maximum atomic E-state index is 11.8. The number of amides is 1. The van der Waals surface area contributed by atoms with Gasteiger partial charge in [-0.25, -0.2) is 4.99 Å². The van der Waals surface area contributed by atoms with Crippen molar-refractivity contribution in [2.24, 2.45) is 4.99 Å². The van der Waals surface area contributed by atoms with Crippen LogP contribution in [-0.4, -0.2) is 68.0 Å². The average molecular weight is 501 g/mol. The Morgan fingerprint density at radius 3 is 2.50 bits per heavy atom. The first kappa shape index (κ1) is 24.7. The van der Waals surface area contributed by atoms with Crippen LogP contribution in [0.2, 0.25) is 0 Å². The standard InChI is InChI=1S/C21H35N5O.HI/c1-4-5-13-22-21(23-16-20(27)25(2)3)24-19-11-14-26(15-12-19)17-18-9-7-6-8-10-18;/h6-10,19H,4-5,11-17H2,1-3H3,(H2,22,23,24);1H. The maximum absolute atomic E-state index is 11.8. The van der Waals surface area contributed by atoms with E-state index in [1.54, 1.807) is 19.0 Å². The summed E-state index contributed by atoms with van der Waals surface area (Å²) < 4.78 is 0. The largest absolute Gasteiger partial charge is 0.356 e. The minimum absolute atomic E-state index is 0. The molecule has 2 rings (SSSR count). The summed E-state index contributed by atoms with van der Waals surface area (Å²) in [5.41, 5.74) is 1.37. The molecule has 0 aromatic heterocycles. The Morgan fingerprint density at radius 1 is 1.21 bits per heavy atom. The lowest BCUT2D eigenvalue weighted by molar-refractivity contribution is -0.127. The monoisotopic (exact) mass is 501 g/mol. The number of nitrogens with one attached hydrogen (secondary N) is 2. The molecule has 28 heavy (non-hydrogen) atoms. The number of benzene rings is 1. The third-order valence-corrected chi connectivity index (χ3v) is 4.87. The van der Waals surface area contributed by atoms with E-state index in [1.807, 2.05) is 0 Å². The molecule has 1 amide bonds. The topological polar surface area (TPSA) is 60.0 Å². The number of hydrogen-bond donors (Lipinski definition) is 2. The Hall–Kier alpha value is -1.35. The second-order valence-electron chi connectivity index (χ2n) is 7.41. The van der Waals surface area contributed by atoms with E-state index < -0.39 is 0 Å². The molecule has 0 radical (unpaired) electrons. The summed E-state index contributed by atoms with van der Waals surface area (Å²) in [6.07, 6.45) is 4.40. The Morgan fingerprint density at radius 2 is 1.89 bits per heavy atom. The van der Waals surface area contributed by atoms with Gasteiger partial charge in [0.15, 0.2) is 5.96 Å². The maximum Gasteiger partial charge on any atom is 0.243 e. The highest BCUT2D eigenvalue weighted by molar-refractivity contribution is 14.0. The van der Waals surface area contributed by atoms with Crippen molar-refractivity contribution in [3.05, 3.63) is 35.9 Å². The predicted octanol–water partition coefficient (Wildman–Crippen LogP) is 2.69. The van der Waals surface area contributed by atoms with Gasteiger partial charge in [-0.15, -0.1) is 24.0 Å². The van der Waals surface area contributed by atoms with Gasteiger partial charge in [-0.05, 0) is 24.8 Å². The summed E-state index contributed by atoms with van der Waals surface area (Å²) in [5.74, 6) is 0.782. The first-order valence-corrected chi connectivity index (χ1v) is 10.1. The molecule has 1 aromatic rings. The molecular weight excluding hydrogens is 465 g/mol. The van der Waals surface area contributed by atoms with Crippen molar-refractivity contribution in [1.82, 2.24) is 20.4 Å². The summed E-state index contributed by atoms with van der Waals surface area (Å²) in [4.78, 5) is 20.4. The number of guanidine groups is 1. The van der Waals surface area contributed by atoms with E-state index in [4.69, 9.17) is 0 Å². The number of likely N-dealkylation sites (N-methyl/N-ethyl adjacent to an activating group) is 1. The number of piperidine rings is 1. The first-order valence-electron chi connectivity index (χ1n) is 10.1. The molecule has 1 saturated heterocycles. The number of halogens is 1. The van der Waals surface area contributed by atoms with Gasteiger partial charge in [0.2, 0.25) is 5.91 Å². The highest BCUT2D eigenvalue weighted by atomic mass is 127. The lowest BCUT2D eigenvalue weighted by Gasteiger charge is -2.33. The zero-order valence-electron chi connectivity index (χ0n) is 17.5. The Kier molecular flexibility index (Phi) is 12.1. The number of likely N-dealkylation sites (tertiary alicyclic amines) is 1. The van der Waals surface area contributed by atoms with Crippen LogP contribution in [0.5, 0.6) is 0 Å². The van der Waals surface area contributed by atoms with Gasteiger partial charge >= 0.3 is 0 Å². The van der Waals surface area contributed by atoms with Crippen LogP contribution < -0.4 is 10.6 Å². The van der Waals surface area contributed by atoms with E-state index >= 15 is 0 Å². The zero-order chi connectivity index (χ0) is 19.5. The number of hydrogen-bond acceptors (Lipinski definition) is 3. The van der Waals surface area contributed by atoms with Gasteiger partial charge in [-0.2, -0.15) is 0 Å². The van der Waals surface area contributed by atoms with Crippen molar-refractivity contribution in [3.8, 4) is 0 Å². The smallest absolute Gasteiger partial charge is 0.243 e. The fourth-order valence-electron chi connectivity index (χ4n) is 3.09. The molecule has 1 aromatic carbocycles. The molecule has 158 valence electrons. The van der Waals surface area contributed by atoms with E-state index in [-0.39, 0.29) is 36.4 Å².